The lowest BCUT2D eigenvalue weighted by Crippen LogP contribution is -2.54. The highest BCUT2D eigenvalue weighted by Gasteiger charge is 2.33. The minimum absolute atomic E-state index is 0.130. The van der Waals surface area contributed by atoms with Crippen LogP contribution in [0.5, 0.6) is 0 Å². The van der Waals surface area contributed by atoms with Gasteiger partial charge in [-0.1, -0.05) is 0 Å². The third-order valence-corrected chi connectivity index (χ3v) is 4.01. The maximum Gasteiger partial charge on any atom is 0.239 e. The lowest BCUT2D eigenvalue weighted by atomic mass is 9.99. The number of hydrogen-bond donors (Lipinski definition) is 0. The average molecular weight is 291 g/mol. The van der Waals surface area contributed by atoms with E-state index in [1.807, 2.05) is 4.90 Å². The lowest BCUT2D eigenvalue weighted by Gasteiger charge is -2.41. The second-order valence-corrected chi connectivity index (χ2v) is 5.69. The largest absolute Gasteiger partial charge is 0.347 e. The van der Waals surface area contributed by atoms with Gasteiger partial charge in [-0.25, -0.2) is 4.39 Å². The Bertz CT molecular complexity index is 294. The molecular formula is C14H27F2N3O. The summed E-state index contributed by atoms with van der Waals surface area (Å²) in [5.41, 5.74) is 0. The van der Waals surface area contributed by atoms with E-state index in [0.29, 0.717) is 0 Å². The smallest absolute Gasteiger partial charge is 0.239 e. The van der Waals surface area contributed by atoms with Crippen LogP contribution in [0.15, 0.2) is 0 Å². The third kappa shape index (κ3) is 4.66. The molecule has 0 aliphatic carbocycles. The normalized spacial score (nSPS) is 19.3. The van der Waals surface area contributed by atoms with Gasteiger partial charge in [0.25, 0.3) is 0 Å². The standard InChI is InChI=1S/C14H27F2N3O/c1-17(2)14(20)13(4-7-15)19(11-8-16)12-5-9-18(3)10-6-12/h12-13H,4-11H2,1-3H3/t13-/m0/s1. The molecule has 1 aliphatic rings. The van der Waals surface area contributed by atoms with E-state index in [1.54, 1.807) is 14.1 Å². The molecule has 1 atom stereocenters. The molecule has 0 aromatic heterocycles. The van der Waals surface area contributed by atoms with Crippen molar-refractivity contribution in [3.8, 4) is 0 Å². The Balaban J connectivity index is 2.81. The Morgan fingerprint density at radius 1 is 1.25 bits per heavy atom. The van der Waals surface area contributed by atoms with Gasteiger partial charge in [0.05, 0.1) is 12.7 Å². The zero-order chi connectivity index (χ0) is 15.1. The molecule has 0 unspecified atom stereocenters. The van der Waals surface area contributed by atoms with Crippen LogP contribution in [0.1, 0.15) is 19.3 Å². The molecule has 0 aromatic rings. The molecule has 0 aromatic carbocycles. The van der Waals surface area contributed by atoms with Crippen molar-refractivity contribution >= 4 is 5.91 Å². The van der Waals surface area contributed by atoms with Gasteiger partial charge in [0.1, 0.15) is 6.67 Å². The van der Waals surface area contributed by atoms with Crippen molar-refractivity contribution in [2.45, 2.75) is 31.3 Å². The van der Waals surface area contributed by atoms with E-state index in [4.69, 9.17) is 0 Å². The Morgan fingerprint density at radius 2 is 1.85 bits per heavy atom. The molecule has 118 valence electrons. The monoisotopic (exact) mass is 291 g/mol. The molecule has 1 heterocycles. The van der Waals surface area contributed by atoms with Crippen molar-refractivity contribution in [1.29, 1.82) is 0 Å². The van der Waals surface area contributed by atoms with Gasteiger partial charge in [0, 0.05) is 33.1 Å². The zero-order valence-corrected chi connectivity index (χ0v) is 12.8. The minimum Gasteiger partial charge on any atom is -0.347 e. The van der Waals surface area contributed by atoms with Crippen LogP contribution < -0.4 is 0 Å². The van der Waals surface area contributed by atoms with Gasteiger partial charge >= 0.3 is 0 Å². The van der Waals surface area contributed by atoms with Crippen molar-refractivity contribution in [2.24, 2.45) is 0 Å². The van der Waals surface area contributed by atoms with Crippen LogP contribution in [0.4, 0.5) is 8.78 Å². The van der Waals surface area contributed by atoms with E-state index in [1.165, 1.54) is 4.90 Å². The molecule has 0 spiro atoms. The highest BCUT2D eigenvalue weighted by atomic mass is 19.1. The molecule has 4 nitrogen and oxygen atoms in total. The number of likely N-dealkylation sites (N-methyl/N-ethyl adjacent to an activating group) is 1. The minimum atomic E-state index is -0.556. The summed E-state index contributed by atoms with van der Waals surface area (Å²) in [5.74, 6) is -0.130. The van der Waals surface area contributed by atoms with Gasteiger partial charge < -0.3 is 9.80 Å². The maximum atomic E-state index is 12.9. The van der Waals surface area contributed by atoms with Crippen LogP contribution in [0.3, 0.4) is 0 Å². The SMILES string of the molecule is CN1CCC(N(CCF)[C@@H](CCF)C(=O)N(C)C)CC1. The number of carbonyl (C=O) groups is 1. The Labute approximate surface area is 120 Å². The quantitative estimate of drug-likeness (QED) is 0.704. The van der Waals surface area contributed by atoms with Crippen LogP contribution in [-0.2, 0) is 4.79 Å². The van der Waals surface area contributed by atoms with E-state index < -0.39 is 19.4 Å². The van der Waals surface area contributed by atoms with Crippen LogP contribution >= 0.6 is 0 Å². The van der Waals surface area contributed by atoms with Gasteiger partial charge in [0.15, 0.2) is 0 Å². The predicted molar refractivity (Wildman–Crippen MR) is 76.3 cm³/mol. The van der Waals surface area contributed by atoms with E-state index in [2.05, 4.69) is 11.9 Å². The molecule has 0 saturated carbocycles. The number of halogens is 2. The molecule has 0 bridgehead atoms. The van der Waals surface area contributed by atoms with Gasteiger partial charge in [-0.05, 0) is 33.0 Å². The summed E-state index contributed by atoms with van der Waals surface area (Å²) in [6.45, 7) is 1.02. The van der Waals surface area contributed by atoms with Crippen molar-refractivity contribution in [3.63, 3.8) is 0 Å². The third-order valence-electron chi connectivity index (χ3n) is 4.01. The summed E-state index contributed by atoms with van der Waals surface area (Å²) in [7, 11) is 5.38. The van der Waals surface area contributed by atoms with Crippen molar-refractivity contribution in [1.82, 2.24) is 14.7 Å². The summed E-state index contributed by atoms with van der Waals surface area (Å²) in [4.78, 5) is 17.8. The summed E-state index contributed by atoms with van der Waals surface area (Å²) in [6, 6.07) is -0.374. The molecule has 1 aliphatic heterocycles. The zero-order valence-electron chi connectivity index (χ0n) is 12.8. The fourth-order valence-electron chi connectivity index (χ4n) is 2.85. The average Bonchev–Trinajstić information content (AvgIpc) is 2.43. The Hall–Kier alpha value is -0.750. The van der Waals surface area contributed by atoms with E-state index in [9.17, 15) is 13.6 Å². The first-order chi connectivity index (χ1) is 9.51. The number of likely N-dealkylation sites (tertiary alicyclic amines) is 1. The summed E-state index contributed by atoms with van der Waals surface area (Å²) < 4.78 is 25.7. The molecule has 1 amide bonds. The van der Waals surface area contributed by atoms with E-state index >= 15 is 0 Å². The highest BCUT2D eigenvalue weighted by molar-refractivity contribution is 5.81. The number of carbonyl (C=O) groups excluding carboxylic acids is 1. The van der Waals surface area contributed by atoms with E-state index in [0.717, 1.165) is 25.9 Å². The van der Waals surface area contributed by atoms with Crippen molar-refractivity contribution < 1.29 is 13.6 Å². The highest BCUT2D eigenvalue weighted by Crippen LogP contribution is 2.20. The van der Waals surface area contributed by atoms with Crippen molar-refractivity contribution in [2.75, 3.05) is 54.1 Å². The van der Waals surface area contributed by atoms with Crippen LogP contribution in [0.2, 0.25) is 0 Å². The maximum absolute atomic E-state index is 12.9. The van der Waals surface area contributed by atoms with Crippen LogP contribution in [0.25, 0.3) is 0 Å². The second-order valence-electron chi connectivity index (χ2n) is 5.69. The topological polar surface area (TPSA) is 26.8 Å². The van der Waals surface area contributed by atoms with E-state index in [-0.39, 0.29) is 24.9 Å². The van der Waals surface area contributed by atoms with Gasteiger partial charge in [-0.15, -0.1) is 0 Å². The number of nitrogens with zero attached hydrogens (tertiary/aromatic N) is 3. The van der Waals surface area contributed by atoms with Crippen LogP contribution in [0, 0.1) is 0 Å². The molecule has 6 heteroatoms. The first-order valence-corrected chi connectivity index (χ1v) is 7.28. The molecular weight excluding hydrogens is 264 g/mol. The number of piperidine rings is 1. The number of hydrogen-bond acceptors (Lipinski definition) is 3. The number of amides is 1. The van der Waals surface area contributed by atoms with Gasteiger partial charge in [-0.2, -0.15) is 0 Å². The first kappa shape index (κ1) is 17.3. The molecule has 1 saturated heterocycles. The molecule has 0 radical (unpaired) electrons. The Kier molecular flexibility index (Phi) is 7.37. The lowest BCUT2D eigenvalue weighted by molar-refractivity contribution is -0.136. The Morgan fingerprint density at radius 3 is 2.30 bits per heavy atom. The number of alkyl halides is 2. The molecule has 1 rings (SSSR count). The molecule has 20 heavy (non-hydrogen) atoms. The van der Waals surface area contributed by atoms with Gasteiger partial charge in [-0.3, -0.25) is 14.1 Å². The fourth-order valence-corrected chi connectivity index (χ4v) is 2.85. The summed E-state index contributed by atoms with van der Waals surface area (Å²) in [5, 5.41) is 0. The first-order valence-electron chi connectivity index (χ1n) is 7.28. The number of rotatable bonds is 7. The summed E-state index contributed by atoms with van der Waals surface area (Å²) >= 11 is 0. The van der Waals surface area contributed by atoms with Gasteiger partial charge in [0.2, 0.25) is 5.91 Å². The predicted octanol–water partition coefficient (Wildman–Crippen LogP) is 1.17. The fraction of sp³-hybridized carbons (Fsp3) is 0.929. The molecule has 0 N–H and O–H groups in total. The molecule has 1 fully saturated rings. The summed E-state index contributed by atoms with van der Waals surface area (Å²) in [6.07, 6.45) is 1.95. The van der Waals surface area contributed by atoms with Crippen molar-refractivity contribution in [3.05, 3.63) is 0 Å². The van der Waals surface area contributed by atoms with Crippen LogP contribution in [-0.4, -0.2) is 86.8 Å². The second kappa shape index (κ2) is 8.52.